The summed E-state index contributed by atoms with van der Waals surface area (Å²) in [4.78, 5) is 26.8. The average Bonchev–Trinajstić information content (AvgIpc) is 3.40. The third-order valence-corrected chi connectivity index (χ3v) is 7.23. The van der Waals surface area contributed by atoms with Gasteiger partial charge in [0.15, 0.2) is 5.82 Å². The minimum absolute atomic E-state index is 0.126. The molecular formula is C22H27N5OS. The van der Waals surface area contributed by atoms with Crippen LogP contribution in [0.25, 0.3) is 0 Å². The molecule has 1 amide bonds. The van der Waals surface area contributed by atoms with Crippen molar-refractivity contribution in [1.82, 2.24) is 9.88 Å². The number of nitrogens with zero attached hydrogens (tertiary/aromatic N) is 3. The topological polar surface area (TPSA) is 69.6 Å². The molecule has 1 saturated carbocycles. The lowest BCUT2D eigenvalue weighted by Gasteiger charge is -2.47. The Labute approximate surface area is 175 Å². The van der Waals surface area contributed by atoms with E-state index >= 15 is 0 Å². The summed E-state index contributed by atoms with van der Waals surface area (Å²) in [6.07, 6.45) is 8.49. The van der Waals surface area contributed by atoms with E-state index in [1.165, 1.54) is 17.7 Å². The fraction of sp³-hybridized carbons (Fsp3) is 0.500. The molecule has 1 unspecified atom stereocenters. The maximum absolute atomic E-state index is 13.2. The van der Waals surface area contributed by atoms with E-state index in [9.17, 15) is 4.79 Å². The SMILES string of the molecule is Cc1ccc(C(=O)N2CCCC3(C2)Nc2cccnc2NC3=NC2CCCC2)s1. The lowest BCUT2D eigenvalue weighted by Crippen LogP contribution is -2.62. The number of fused-ring (bicyclic) bond motifs is 1. The second-order valence-electron chi connectivity index (χ2n) is 8.39. The van der Waals surface area contributed by atoms with Crippen molar-refractivity contribution in [2.24, 2.45) is 4.99 Å². The van der Waals surface area contributed by atoms with Gasteiger partial charge in [-0.05, 0) is 56.9 Å². The molecule has 29 heavy (non-hydrogen) atoms. The molecule has 1 saturated heterocycles. The quantitative estimate of drug-likeness (QED) is 0.776. The number of amides is 1. The molecule has 1 spiro atoms. The summed E-state index contributed by atoms with van der Waals surface area (Å²) in [6, 6.07) is 8.33. The highest BCUT2D eigenvalue weighted by molar-refractivity contribution is 7.13. The van der Waals surface area contributed by atoms with E-state index in [0.29, 0.717) is 12.6 Å². The Bertz CT molecular complexity index is 948. The Morgan fingerprint density at radius 3 is 2.93 bits per heavy atom. The van der Waals surface area contributed by atoms with Gasteiger partial charge < -0.3 is 15.5 Å². The van der Waals surface area contributed by atoms with Gasteiger partial charge in [0, 0.05) is 17.6 Å². The van der Waals surface area contributed by atoms with Crippen molar-refractivity contribution in [1.29, 1.82) is 0 Å². The Hall–Kier alpha value is -2.41. The van der Waals surface area contributed by atoms with E-state index in [4.69, 9.17) is 4.99 Å². The Balaban J connectivity index is 1.48. The monoisotopic (exact) mass is 409 g/mol. The number of rotatable bonds is 2. The van der Waals surface area contributed by atoms with Gasteiger partial charge in [-0.2, -0.15) is 0 Å². The first-order valence-electron chi connectivity index (χ1n) is 10.6. The van der Waals surface area contributed by atoms with E-state index in [1.807, 2.05) is 36.1 Å². The van der Waals surface area contributed by atoms with Crippen molar-refractivity contribution >= 4 is 34.6 Å². The van der Waals surface area contributed by atoms with E-state index in [2.05, 4.69) is 15.6 Å². The van der Waals surface area contributed by atoms with Crippen molar-refractivity contribution in [2.45, 2.75) is 57.0 Å². The minimum Gasteiger partial charge on any atom is -0.368 e. The summed E-state index contributed by atoms with van der Waals surface area (Å²) in [5.74, 6) is 1.91. The van der Waals surface area contributed by atoms with Crippen LogP contribution < -0.4 is 10.6 Å². The number of aryl methyl sites for hydroxylation is 1. The molecule has 1 aliphatic carbocycles. The van der Waals surface area contributed by atoms with Crippen LogP contribution in [0.1, 0.15) is 53.1 Å². The van der Waals surface area contributed by atoms with Gasteiger partial charge in [0.25, 0.3) is 5.91 Å². The van der Waals surface area contributed by atoms with Gasteiger partial charge in [0.1, 0.15) is 11.4 Å². The van der Waals surface area contributed by atoms with Crippen LogP contribution in [0.2, 0.25) is 0 Å². The first-order valence-corrected chi connectivity index (χ1v) is 11.4. The fourth-order valence-electron chi connectivity index (χ4n) is 4.76. The molecule has 0 radical (unpaired) electrons. The average molecular weight is 410 g/mol. The van der Waals surface area contributed by atoms with Crippen LogP contribution in [-0.4, -0.2) is 46.3 Å². The summed E-state index contributed by atoms with van der Waals surface area (Å²) in [6.45, 7) is 3.45. The third kappa shape index (κ3) is 3.52. The fourth-order valence-corrected chi connectivity index (χ4v) is 5.59. The number of carbonyl (C=O) groups is 1. The number of amidine groups is 1. The Morgan fingerprint density at radius 2 is 2.14 bits per heavy atom. The lowest BCUT2D eigenvalue weighted by atomic mass is 9.85. The van der Waals surface area contributed by atoms with Gasteiger partial charge in [-0.25, -0.2) is 4.98 Å². The predicted octanol–water partition coefficient (Wildman–Crippen LogP) is 4.31. The van der Waals surface area contributed by atoms with E-state index < -0.39 is 0 Å². The smallest absolute Gasteiger partial charge is 0.264 e. The third-order valence-electron chi connectivity index (χ3n) is 6.24. The zero-order valence-corrected chi connectivity index (χ0v) is 17.6. The maximum Gasteiger partial charge on any atom is 0.264 e. The van der Waals surface area contributed by atoms with Gasteiger partial charge in [-0.15, -0.1) is 11.3 Å². The van der Waals surface area contributed by atoms with Gasteiger partial charge in [0.2, 0.25) is 0 Å². The van der Waals surface area contributed by atoms with Gasteiger partial charge >= 0.3 is 0 Å². The highest BCUT2D eigenvalue weighted by atomic mass is 32.1. The van der Waals surface area contributed by atoms with Crippen molar-refractivity contribution in [3.05, 3.63) is 40.2 Å². The molecule has 2 aromatic rings. The van der Waals surface area contributed by atoms with Crippen molar-refractivity contribution < 1.29 is 4.79 Å². The minimum atomic E-state index is -0.376. The number of likely N-dealkylation sites (tertiary alicyclic amines) is 1. The Kier molecular flexibility index (Phi) is 4.78. The molecule has 5 rings (SSSR count). The number of nitrogens with one attached hydrogen (secondary N) is 2. The molecule has 2 N–H and O–H groups in total. The summed E-state index contributed by atoms with van der Waals surface area (Å²) in [5.41, 5.74) is 0.609. The molecule has 0 aromatic carbocycles. The van der Waals surface area contributed by atoms with Crippen LogP contribution in [0.4, 0.5) is 11.5 Å². The second kappa shape index (κ2) is 7.44. The maximum atomic E-state index is 13.2. The molecule has 2 aromatic heterocycles. The molecule has 2 aliphatic heterocycles. The summed E-state index contributed by atoms with van der Waals surface area (Å²) in [5, 5.41) is 7.26. The predicted molar refractivity (Wildman–Crippen MR) is 118 cm³/mol. The molecule has 1 atom stereocenters. The molecular weight excluding hydrogens is 382 g/mol. The number of hydrogen-bond acceptors (Lipinski definition) is 5. The number of carbonyl (C=O) groups excluding carboxylic acids is 1. The number of anilines is 2. The number of aliphatic imine (C=N–C) groups is 1. The highest BCUT2D eigenvalue weighted by Crippen LogP contribution is 2.36. The first kappa shape index (κ1) is 18.6. The summed E-state index contributed by atoms with van der Waals surface area (Å²) >= 11 is 1.57. The zero-order chi connectivity index (χ0) is 19.8. The van der Waals surface area contributed by atoms with E-state index in [-0.39, 0.29) is 11.4 Å². The van der Waals surface area contributed by atoms with Gasteiger partial charge in [-0.3, -0.25) is 9.79 Å². The van der Waals surface area contributed by atoms with Gasteiger partial charge in [0.05, 0.1) is 23.2 Å². The van der Waals surface area contributed by atoms with Crippen LogP contribution in [0.5, 0.6) is 0 Å². The number of piperidine rings is 1. The van der Waals surface area contributed by atoms with Crippen molar-refractivity contribution in [2.75, 3.05) is 23.7 Å². The highest BCUT2D eigenvalue weighted by Gasteiger charge is 2.45. The molecule has 6 nitrogen and oxygen atoms in total. The van der Waals surface area contributed by atoms with Crippen LogP contribution in [0.15, 0.2) is 35.5 Å². The first-order chi connectivity index (χ1) is 14.1. The largest absolute Gasteiger partial charge is 0.368 e. The number of thiophene rings is 1. The van der Waals surface area contributed by atoms with Gasteiger partial charge in [-0.1, -0.05) is 12.8 Å². The van der Waals surface area contributed by atoms with Crippen LogP contribution in [0.3, 0.4) is 0 Å². The number of pyridine rings is 1. The Morgan fingerprint density at radius 1 is 1.28 bits per heavy atom. The molecule has 3 aliphatic rings. The second-order valence-corrected chi connectivity index (χ2v) is 9.68. The molecule has 2 fully saturated rings. The number of hydrogen-bond donors (Lipinski definition) is 2. The summed E-state index contributed by atoms with van der Waals surface area (Å²) < 4.78 is 0. The molecule has 152 valence electrons. The van der Waals surface area contributed by atoms with Crippen LogP contribution >= 0.6 is 11.3 Å². The molecule has 0 bridgehead atoms. The van der Waals surface area contributed by atoms with E-state index in [1.54, 1.807) is 17.5 Å². The van der Waals surface area contributed by atoms with E-state index in [0.717, 1.165) is 54.4 Å². The normalized spacial score (nSPS) is 25.7. The van der Waals surface area contributed by atoms with Crippen molar-refractivity contribution in [3.63, 3.8) is 0 Å². The standard InChI is InChI=1S/C22H27N5OS/c1-15-9-10-18(29-15)20(28)27-13-5-11-22(14-27)21(24-16-6-2-3-7-16)25-19-17(26-22)8-4-12-23-19/h4,8-10,12,16,26H,2-3,5-7,11,13-14H2,1H3,(H,23,24,25). The molecule has 4 heterocycles. The number of aromatic nitrogens is 1. The lowest BCUT2D eigenvalue weighted by molar-refractivity contribution is 0.0699. The van der Waals surface area contributed by atoms with Crippen molar-refractivity contribution in [3.8, 4) is 0 Å². The van der Waals surface area contributed by atoms with Crippen LogP contribution in [-0.2, 0) is 0 Å². The molecule has 7 heteroatoms. The van der Waals surface area contributed by atoms with Crippen LogP contribution in [0, 0.1) is 6.92 Å². The summed E-state index contributed by atoms with van der Waals surface area (Å²) in [7, 11) is 0. The zero-order valence-electron chi connectivity index (χ0n) is 16.8.